The lowest BCUT2D eigenvalue weighted by molar-refractivity contribution is 0.00973. The standard InChI is InChI=1S/C17H26NO2PS/c1-4-8-15-9-7-10-16(13-15)21(19,22-14(2)3)18-17-11-5-6-12-20-17/h4,7,9-10,13-14,17H,1,5-6,8,11-12H2,2-3H3,(H,18,19). The third-order valence-corrected chi connectivity index (χ3v) is 8.89. The van der Waals surface area contributed by atoms with E-state index >= 15 is 0 Å². The highest BCUT2D eigenvalue weighted by Crippen LogP contribution is 2.56. The molecule has 22 heavy (non-hydrogen) atoms. The molecule has 2 atom stereocenters. The Morgan fingerprint density at radius 1 is 1.50 bits per heavy atom. The molecule has 0 saturated carbocycles. The molecule has 122 valence electrons. The number of nitrogens with one attached hydrogen (secondary N) is 1. The summed E-state index contributed by atoms with van der Waals surface area (Å²) in [7, 11) is 0. The molecule has 3 nitrogen and oxygen atoms in total. The van der Waals surface area contributed by atoms with Crippen LogP contribution in [0, 0.1) is 0 Å². The molecular formula is C17H26NO2PS. The monoisotopic (exact) mass is 339 g/mol. The highest BCUT2D eigenvalue weighted by Gasteiger charge is 2.31. The van der Waals surface area contributed by atoms with Gasteiger partial charge >= 0.3 is 0 Å². The number of hydrogen-bond donors (Lipinski definition) is 1. The number of benzene rings is 1. The summed E-state index contributed by atoms with van der Waals surface area (Å²) in [5.74, 6) is 0. The van der Waals surface area contributed by atoms with Gasteiger partial charge in [-0.3, -0.25) is 4.57 Å². The molecule has 1 fully saturated rings. The maximum atomic E-state index is 13.6. The summed E-state index contributed by atoms with van der Waals surface area (Å²) in [5, 5.41) is 4.48. The van der Waals surface area contributed by atoms with Crippen LogP contribution in [0.25, 0.3) is 0 Å². The van der Waals surface area contributed by atoms with Crippen LogP contribution < -0.4 is 10.4 Å². The second-order valence-corrected chi connectivity index (χ2v) is 11.1. The molecule has 1 aliphatic rings. The summed E-state index contributed by atoms with van der Waals surface area (Å²) in [6.45, 7) is 5.95. The molecule has 1 N–H and O–H groups in total. The van der Waals surface area contributed by atoms with E-state index in [2.05, 4.69) is 25.5 Å². The van der Waals surface area contributed by atoms with Crippen molar-refractivity contribution in [2.24, 2.45) is 0 Å². The number of hydrogen-bond acceptors (Lipinski definition) is 3. The predicted octanol–water partition coefficient (Wildman–Crippen LogP) is 4.49. The maximum Gasteiger partial charge on any atom is 0.231 e. The summed E-state index contributed by atoms with van der Waals surface area (Å²) in [6, 6.07) is 8.02. The Morgan fingerprint density at radius 3 is 2.95 bits per heavy atom. The third-order valence-electron chi connectivity index (χ3n) is 3.48. The Balaban J connectivity index is 2.25. The molecule has 0 bridgehead atoms. The van der Waals surface area contributed by atoms with E-state index < -0.39 is 6.49 Å². The van der Waals surface area contributed by atoms with Crippen LogP contribution in [0.2, 0.25) is 0 Å². The van der Waals surface area contributed by atoms with Crippen LogP contribution in [0.15, 0.2) is 36.9 Å². The van der Waals surface area contributed by atoms with Gasteiger partial charge in [0.05, 0.1) is 0 Å². The quantitative estimate of drug-likeness (QED) is 0.587. The Kier molecular flexibility index (Phi) is 6.76. The first kappa shape index (κ1) is 17.8. The molecule has 0 aromatic heterocycles. The van der Waals surface area contributed by atoms with E-state index in [0.29, 0.717) is 0 Å². The van der Waals surface area contributed by atoms with E-state index in [9.17, 15) is 4.57 Å². The Labute approximate surface area is 138 Å². The molecule has 1 saturated heterocycles. The van der Waals surface area contributed by atoms with Gasteiger partial charge < -0.3 is 4.74 Å². The molecule has 1 aromatic carbocycles. The van der Waals surface area contributed by atoms with Crippen LogP contribution in [0.1, 0.15) is 38.7 Å². The first-order valence-electron chi connectivity index (χ1n) is 7.92. The van der Waals surface area contributed by atoms with Gasteiger partial charge in [-0.2, -0.15) is 0 Å². The van der Waals surface area contributed by atoms with E-state index in [4.69, 9.17) is 4.74 Å². The fraction of sp³-hybridized carbons (Fsp3) is 0.529. The van der Waals surface area contributed by atoms with Gasteiger partial charge in [-0.25, -0.2) is 5.09 Å². The fourth-order valence-electron chi connectivity index (χ4n) is 2.53. The SMILES string of the molecule is C=CCc1cccc(P(=O)(NC2CCCCO2)SC(C)C)c1. The zero-order valence-corrected chi connectivity index (χ0v) is 15.2. The summed E-state index contributed by atoms with van der Waals surface area (Å²) < 4.78 is 19.3. The van der Waals surface area contributed by atoms with E-state index in [1.165, 1.54) is 11.4 Å². The van der Waals surface area contributed by atoms with Gasteiger partial charge in [0.1, 0.15) is 6.23 Å². The molecule has 2 unspecified atom stereocenters. The summed E-state index contributed by atoms with van der Waals surface area (Å²) in [5.41, 5.74) is 1.14. The Bertz CT molecular complexity index is 541. The minimum Gasteiger partial charge on any atom is -0.363 e. The molecule has 0 amide bonds. The van der Waals surface area contributed by atoms with Gasteiger partial charge in [-0.1, -0.05) is 43.4 Å². The van der Waals surface area contributed by atoms with E-state index in [-0.39, 0.29) is 11.5 Å². The van der Waals surface area contributed by atoms with Gasteiger partial charge in [0, 0.05) is 17.2 Å². The van der Waals surface area contributed by atoms with Crippen LogP contribution in [-0.4, -0.2) is 18.1 Å². The lowest BCUT2D eigenvalue weighted by Crippen LogP contribution is -2.34. The zero-order chi connectivity index (χ0) is 16.0. The highest BCUT2D eigenvalue weighted by molar-refractivity contribution is 8.59. The summed E-state index contributed by atoms with van der Waals surface area (Å²) in [6.07, 6.45) is 5.70. The van der Waals surface area contributed by atoms with E-state index in [1.54, 1.807) is 0 Å². The van der Waals surface area contributed by atoms with Crippen molar-refractivity contribution in [1.82, 2.24) is 5.09 Å². The highest BCUT2D eigenvalue weighted by atomic mass is 32.7. The number of rotatable bonds is 7. The van der Waals surface area contributed by atoms with Crippen LogP contribution in [0.5, 0.6) is 0 Å². The average Bonchev–Trinajstić information content (AvgIpc) is 2.48. The van der Waals surface area contributed by atoms with Gasteiger partial charge in [0.25, 0.3) is 0 Å². The summed E-state index contributed by atoms with van der Waals surface area (Å²) >= 11 is 1.51. The maximum absolute atomic E-state index is 13.6. The predicted molar refractivity (Wildman–Crippen MR) is 97.0 cm³/mol. The molecule has 0 aliphatic carbocycles. The molecule has 1 heterocycles. The van der Waals surface area contributed by atoms with Crippen LogP contribution in [0.4, 0.5) is 0 Å². The lowest BCUT2D eigenvalue weighted by atomic mass is 10.2. The van der Waals surface area contributed by atoms with Crippen molar-refractivity contribution >= 4 is 23.2 Å². The van der Waals surface area contributed by atoms with Crippen molar-refractivity contribution < 1.29 is 9.30 Å². The molecule has 1 aliphatic heterocycles. The molecular weight excluding hydrogens is 313 g/mol. The Hall–Kier alpha value is -0.540. The lowest BCUT2D eigenvalue weighted by Gasteiger charge is -2.29. The normalized spacial score (nSPS) is 21.5. The molecule has 0 spiro atoms. The minimum atomic E-state index is -2.74. The molecule has 1 aromatic rings. The largest absolute Gasteiger partial charge is 0.363 e. The van der Waals surface area contributed by atoms with Gasteiger partial charge in [-0.15, -0.1) is 6.58 Å². The van der Waals surface area contributed by atoms with Crippen molar-refractivity contribution in [3.63, 3.8) is 0 Å². The second kappa shape index (κ2) is 8.35. The van der Waals surface area contributed by atoms with Crippen molar-refractivity contribution in [1.29, 1.82) is 0 Å². The molecule has 0 radical (unpaired) electrons. The van der Waals surface area contributed by atoms with Crippen molar-refractivity contribution in [2.45, 2.75) is 51.0 Å². The Morgan fingerprint density at radius 2 is 2.32 bits per heavy atom. The fourth-order valence-corrected chi connectivity index (χ4v) is 7.68. The molecule has 5 heteroatoms. The van der Waals surface area contributed by atoms with Gasteiger partial charge in [0.2, 0.25) is 6.49 Å². The van der Waals surface area contributed by atoms with Gasteiger partial charge in [0.15, 0.2) is 0 Å². The average molecular weight is 339 g/mol. The van der Waals surface area contributed by atoms with Crippen molar-refractivity contribution in [3.05, 3.63) is 42.5 Å². The van der Waals surface area contributed by atoms with Crippen LogP contribution in [0.3, 0.4) is 0 Å². The molecule has 2 rings (SSSR count). The van der Waals surface area contributed by atoms with Gasteiger partial charge in [-0.05, 0) is 43.4 Å². The van der Waals surface area contributed by atoms with E-state index in [0.717, 1.165) is 43.2 Å². The first-order chi connectivity index (χ1) is 10.5. The van der Waals surface area contributed by atoms with Crippen molar-refractivity contribution in [2.75, 3.05) is 6.61 Å². The van der Waals surface area contributed by atoms with Crippen molar-refractivity contribution in [3.8, 4) is 0 Å². The van der Waals surface area contributed by atoms with E-state index in [1.807, 2.05) is 30.3 Å². The second-order valence-electron chi connectivity index (χ2n) is 5.85. The zero-order valence-electron chi connectivity index (χ0n) is 13.5. The number of allylic oxidation sites excluding steroid dienone is 1. The first-order valence-corrected chi connectivity index (χ1v) is 11.1. The smallest absolute Gasteiger partial charge is 0.231 e. The summed E-state index contributed by atoms with van der Waals surface area (Å²) in [4.78, 5) is 0. The third kappa shape index (κ3) is 4.99. The van der Waals surface area contributed by atoms with Crippen LogP contribution in [-0.2, 0) is 15.7 Å². The topological polar surface area (TPSA) is 38.3 Å². The van der Waals surface area contributed by atoms with Crippen LogP contribution >= 0.6 is 17.9 Å². The minimum absolute atomic E-state index is 0.103. The number of ether oxygens (including phenoxy) is 1.